The molecule has 2 saturated heterocycles. The number of nitrogens with zero attached hydrogens (tertiary/aromatic N) is 1. The minimum atomic E-state index is -0.965. The highest BCUT2D eigenvalue weighted by atomic mass is 35.5. The van der Waals surface area contributed by atoms with Gasteiger partial charge in [-0.15, -0.1) is 12.4 Å². The zero-order valence-corrected chi connectivity index (χ0v) is 11.7. The van der Waals surface area contributed by atoms with Gasteiger partial charge >= 0.3 is 6.03 Å². The first-order chi connectivity index (χ1) is 9.23. The number of halogens is 1. The number of pyridine rings is 1. The summed E-state index contributed by atoms with van der Waals surface area (Å²) in [4.78, 5) is 28.1. The molecule has 3 heterocycles. The molecule has 3 N–H and O–H groups in total. The van der Waals surface area contributed by atoms with Crippen molar-refractivity contribution in [2.45, 2.75) is 18.4 Å². The van der Waals surface area contributed by atoms with Crippen LogP contribution in [0.15, 0.2) is 24.5 Å². The predicted octanol–water partition coefficient (Wildman–Crippen LogP) is 0.538. The molecule has 0 saturated carbocycles. The van der Waals surface area contributed by atoms with E-state index < -0.39 is 11.6 Å². The standard InChI is InChI=1S/C13H16N4O2.ClH/c18-11-13(17-12(19)16-11,9-3-6-14-7-4-9)10-2-1-5-15-8-10;/h1-2,5,8-9,14H,3-4,6-7H2,(H2,16,17,18,19);1H. The van der Waals surface area contributed by atoms with Gasteiger partial charge in [-0.1, -0.05) is 6.07 Å². The average Bonchev–Trinajstić information content (AvgIpc) is 2.76. The molecule has 0 bridgehead atoms. The molecule has 6 nitrogen and oxygen atoms in total. The molecule has 2 aliphatic rings. The highest BCUT2D eigenvalue weighted by Gasteiger charge is 2.53. The van der Waals surface area contributed by atoms with E-state index in [-0.39, 0.29) is 24.2 Å². The van der Waals surface area contributed by atoms with E-state index in [1.807, 2.05) is 6.07 Å². The second-order valence-corrected chi connectivity index (χ2v) is 4.98. The van der Waals surface area contributed by atoms with Crippen LogP contribution in [0.5, 0.6) is 0 Å². The summed E-state index contributed by atoms with van der Waals surface area (Å²) in [5, 5.41) is 8.47. The molecule has 108 valence electrons. The number of piperidine rings is 1. The number of rotatable bonds is 2. The smallest absolute Gasteiger partial charge is 0.319 e. The Bertz CT molecular complexity index is 504. The van der Waals surface area contributed by atoms with Crippen LogP contribution in [0.3, 0.4) is 0 Å². The van der Waals surface area contributed by atoms with Gasteiger partial charge in [-0.25, -0.2) is 4.79 Å². The Morgan fingerprint density at radius 1 is 1.25 bits per heavy atom. The normalized spacial score (nSPS) is 26.6. The molecule has 1 atom stereocenters. The van der Waals surface area contributed by atoms with E-state index in [1.165, 1.54) is 0 Å². The Kier molecular flexibility index (Phi) is 4.25. The molecule has 3 amide bonds. The topological polar surface area (TPSA) is 83.1 Å². The van der Waals surface area contributed by atoms with E-state index in [0.29, 0.717) is 0 Å². The van der Waals surface area contributed by atoms with Crippen molar-refractivity contribution in [1.82, 2.24) is 20.9 Å². The lowest BCUT2D eigenvalue weighted by Crippen LogP contribution is -2.53. The molecule has 2 fully saturated rings. The summed E-state index contributed by atoms with van der Waals surface area (Å²) < 4.78 is 0. The quantitative estimate of drug-likeness (QED) is 0.696. The highest BCUT2D eigenvalue weighted by Crippen LogP contribution is 2.37. The second-order valence-electron chi connectivity index (χ2n) is 4.98. The van der Waals surface area contributed by atoms with Crippen LogP contribution < -0.4 is 16.0 Å². The van der Waals surface area contributed by atoms with E-state index in [1.54, 1.807) is 18.5 Å². The molecular weight excluding hydrogens is 280 g/mol. The Labute approximate surface area is 123 Å². The molecular formula is C13H17ClN4O2. The lowest BCUT2D eigenvalue weighted by molar-refractivity contribution is -0.126. The summed E-state index contributed by atoms with van der Waals surface area (Å²) >= 11 is 0. The van der Waals surface area contributed by atoms with Gasteiger partial charge in [0.1, 0.15) is 0 Å². The minimum absolute atomic E-state index is 0. The van der Waals surface area contributed by atoms with Crippen LogP contribution in [-0.4, -0.2) is 30.0 Å². The van der Waals surface area contributed by atoms with Gasteiger partial charge < -0.3 is 10.6 Å². The first kappa shape index (κ1) is 14.7. The van der Waals surface area contributed by atoms with Gasteiger partial charge in [0.25, 0.3) is 5.91 Å². The Hall–Kier alpha value is -1.66. The van der Waals surface area contributed by atoms with Crippen LogP contribution in [0.1, 0.15) is 18.4 Å². The van der Waals surface area contributed by atoms with Gasteiger partial charge in [0, 0.05) is 18.0 Å². The third kappa shape index (κ3) is 2.25. The Balaban J connectivity index is 0.00000147. The Morgan fingerprint density at radius 2 is 2.00 bits per heavy atom. The average molecular weight is 297 g/mol. The van der Waals surface area contributed by atoms with Crippen LogP contribution in [0.2, 0.25) is 0 Å². The number of amides is 3. The predicted molar refractivity (Wildman–Crippen MR) is 75.4 cm³/mol. The maximum atomic E-state index is 12.4. The molecule has 0 radical (unpaired) electrons. The summed E-state index contributed by atoms with van der Waals surface area (Å²) in [6.07, 6.45) is 5.02. The van der Waals surface area contributed by atoms with Crippen LogP contribution in [0, 0.1) is 5.92 Å². The zero-order valence-electron chi connectivity index (χ0n) is 10.9. The molecule has 1 aromatic rings. The lowest BCUT2D eigenvalue weighted by Gasteiger charge is -2.37. The van der Waals surface area contributed by atoms with Crippen molar-refractivity contribution in [3.05, 3.63) is 30.1 Å². The summed E-state index contributed by atoms with van der Waals surface area (Å²) in [5.74, 6) is -0.179. The van der Waals surface area contributed by atoms with Crippen molar-refractivity contribution in [2.24, 2.45) is 5.92 Å². The summed E-state index contributed by atoms with van der Waals surface area (Å²) in [6, 6.07) is 3.21. The fourth-order valence-corrected chi connectivity index (χ4v) is 3.05. The number of hydrogen-bond acceptors (Lipinski definition) is 4. The fourth-order valence-electron chi connectivity index (χ4n) is 3.05. The summed E-state index contributed by atoms with van der Waals surface area (Å²) in [5.41, 5.74) is -0.210. The van der Waals surface area contributed by atoms with Crippen molar-refractivity contribution in [2.75, 3.05) is 13.1 Å². The van der Waals surface area contributed by atoms with Gasteiger partial charge in [-0.2, -0.15) is 0 Å². The molecule has 7 heteroatoms. The number of hydrogen-bond donors (Lipinski definition) is 3. The number of carbonyl (C=O) groups excluding carboxylic acids is 2. The van der Waals surface area contributed by atoms with E-state index in [4.69, 9.17) is 0 Å². The van der Waals surface area contributed by atoms with Crippen LogP contribution in [0.25, 0.3) is 0 Å². The van der Waals surface area contributed by atoms with Gasteiger partial charge in [0.15, 0.2) is 5.54 Å². The van der Waals surface area contributed by atoms with Gasteiger partial charge in [0.2, 0.25) is 0 Å². The molecule has 1 unspecified atom stereocenters. The van der Waals surface area contributed by atoms with Crippen molar-refractivity contribution >= 4 is 24.3 Å². The number of aromatic nitrogens is 1. The molecule has 20 heavy (non-hydrogen) atoms. The SMILES string of the molecule is Cl.O=C1NC(=O)C(c2cccnc2)(C2CCNCC2)N1. The molecule has 1 aromatic heterocycles. The number of imide groups is 1. The van der Waals surface area contributed by atoms with E-state index in [9.17, 15) is 9.59 Å². The van der Waals surface area contributed by atoms with Crippen molar-refractivity contribution in [1.29, 1.82) is 0 Å². The highest BCUT2D eigenvalue weighted by molar-refractivity contribution is 6.07. The minimum Gasteiger partial charge on any atom is -0.319 e. The third-order valence-electron chi connectivity index (χ3n) is 3.96. The largest absolute Gasteiger partial charge is 0.322 e. The zero-order chi connectivity index (χ0) is 13.3. The van der Waals surface area contributed by atoms with Gasteiger partial charge in [-0.05, 0) is 37.9 Å². The Morgan fingerprint density at radius 3 is 2.55 bits per heavy atom. The van der Waals surface area contributed by atoms with Crippen molar-refractivity contribution < 1.29 is 9.59 Å². The number of urea groups is 1. The number of carbonyl (C=O) groups is 2. The number of nitrogens with one attached hydrogen (secondary N) is 3. The van der Waals surface area contributed by atoms with Crippen LogP contribution >= 0.6 is 12.4 Å². The maximum absolute atomic E-state index is 12.4. The lowest BCUT2D eigenvalue weighted by atomic mass is 9.74. The maximum Gasteiger partial charge on any atom is 0.322 e. The van der Waals surface area contributed by atoms with E-state index in [0.717, 1.165) is 31.5 Å². The van der Waals surface area contributed by atoms with Gasteiger partial charge in [0.05, 0.1) is 0 Å². The first-order valence-electron chi connectivity index (χ1n) is 6.48. The molecule has 0 aromatic carbocycles. The van der Waals surface area contributed by atoms with E-state index in [2.05, 4.69) is 20.9 Å². The fraction of sp³-hybridized carbons (Fsp3) is 0.462. The molecule has 3 rings (SSSR count). The van der Waals surface area contributed by atoms with E-state index >= 15 is 0 Å². The van der Waals surface area contributed by atoms with Crippen molar-refractivity contribution in [3.8, 4) is 0 Å². The van der Waals surface area contributed by atoms with Crippen molar-refractivity contribution in [3.63, 3.8) is 0 Å². The summed E-state index contributed by atoms with van der Waals surface area (Å²) in [7, 11) is 0. The van der Waals surface area contributed by atoms with Crippen LogP contribution in [0.4, 0.5) is 4.79 Å². The molecule has 0 aliphatic carbocycles. The van der Waals surface area contributed by atoms with Crippen LogP contribution in [-0.2, 0) is 10.3 Å². The second kappa shape index (κ2) is 5.76. The summed E-state index contributed by atoms with van der Waals surface area (Å²) in [6.45, 7) is 1.71. The van der Waals surface area contributed by atoms with Gasteiger partial charge in [-0.3, -0.25) is 15.1 Å². The third-order valence-corrected chi connectivity index (χ3v) is 3.96. The molecule has 2 aliphatic heterocycles. The monoisotopic (exact) mass is 296 g/mol. The molecule has 0 spiro atoms. The first-order valence-corrected chi connectivity index (χ1v) is 6.48.